The Balaban J connectivity index is 1.53. The van der Waals surface area contributed by atoms with E-state index < -0.39 is 18.5 Å². The van der Waals surface area contributed by atoms with Gasteiger partial charge in [0.15, 0.2) is 6.61 Å². The van der Waals surface area contributed by atoms with Crippen LogP contribution in [0.4, 0.5) is 5.69 Å². The van der Waals surface area contributed by atoms with Crippen LogP contribution in [0.15, 0.2) is 65.1 Å². The molecule has 3 aromatic rings. The van der Waals surface area contributed by atoms with Gasteiger partial charge < -0.3 is 19.4 Å². The molecule has 0 spiro atoms. The summed E-state index contributed by atoms with van der Waals surface area (Å²) in [6, 6.07) is 16.7. The van der Waals surface area contributed by atoms with E-state index in [2.05, 4.69) is 5.32 Å². The van der Waals surface area contributed by atoms with Crippen LogP contribution in [0.2, 0.25) is 5.02 Å². The summed E-state index contributed by atoms with van der Waals surface area (Å²) in [5.41, 5.74) is 1.67. The Kier molecular flexibility index (Phi) is 7.68. The quantitative estimate of drug-likeness (QED) is 0.490. The van der Waals surface area contributed by atoms with Crippen LogP contribution >= 0.6 is 11.6 Å². The van der Waals surface area contributed by atoms with Crippen molar-refractivity contribution in [3.63, 3.8) is 0 Å². The van der Waals surface area contributed by atoms with Gasteiger partial charge in [0, 0.05) is 29.9 Å². The van der Waals surface area contributed by atoms with E-state index in [4.69, 9.17) is 20.8 Å². The molecular weight excluding hydrogens is 432 g/mol. The lowest BCUT2D eigenvalue weighted by Crippen LogP contribution is -2.30. The molecule has 32 heavy (non-hydrogen) atoms. The number of carbonyl (C=O) groups is 3. The van der Waals surface area contributed by atoms with E-state index in [0.717, 1.165) is 0 Å². The van der Waals surface area contributed by atoms with E-state index in [1.54, 1.807) is 59.5 Å². The maximum absolute atomic E-state index is 12.3. The maximum Gasteiger partial charge on any atom is 0.374 e. The maximum atomic E-state index is 12.3. The summed E-state index contributed by atoms with van der Waals surface area (Å²) in [7, 11) is 0. The number of nitrogens with zero attached hydrogens (tertiary/aromatic N) is 1. The predicted octanol–water partition coefficient (Wildman–Crippen LogP) is 4.88. The summed E-state index contributed by atoms with van der Waals surface area (Å²) < 4.78 is 10.5. The smallest absolute Gasteiger partial charge is 0.374 e. The molecule has 1 aromatic heterocycles. The standard InChI is InChI=1S/C24H23ClN2O5/c1-3-27(4-2)23(29)16-9-11-17(12-10-16)26-22(28)15-31-24(30)21-14-13-20(32-21)18-7-5-6-8-19(18)25/h5-14H,3-4,15H2,1-2H3,(H,26,28). The molecule has 3 rings (SSSR count). The SMILES string of the molecule is CCN(CC)C(=O)c1ccc(NC(=O)COC(=O)c2ccc(-c3ccccc3Cl)o2)cc1. The monoisotopic (exact) mass is 454 g/mol. The Morgan fingerprint density at radius 1 is 0.969 bits per heavy atom. The predicted molar refractivity (Wildman–Crippen MR) is 122 cm³/mol. The fourth-order valence-electron chi connectivity index (χ4n) is 3.04. The molecule has 0 unspecified atom stereocenters. The van der Waals surface area contributed by atoms with Crippen LogP contribution < -0.4 is 5.32 Å². The van der Waals surface area contributed by atoms with Gasteiger partial charge in [0.25, 0.3) is 11.8 Å². The van der Waals surface area contributed by atoms with Gasteiger partial charge in [0.1, 0.15) is 5.76 Å². The van der Waals surface area contributed by atoms with Gasteiger partial charge >= 0.3 is 5.97 Å². The van der Waals surface area contributed by atoms with Crippen LogP contribution in [-0.2, 0) is 9.53 Å². The molecule has 0 saturated carbocycles. The van der Waals surface area contributed by atoms with Gasteiger partial charge in [0.05, 0.1) is 5.02 Å². The summed E-state index contributed by atoms with van der Waals surface area (Å²) in [4.78, 5) is 38.4. The molecular formula is C24H23ClN2O5. The highest BCUT2D eigenvalue weighted by molar-refractivity contribution is 6.33. The van der Waals surface area contributed by atoms with Crippen LogP contribution in [-0.4, -0.2) is 42.4 Å². The zero-order valence-electron chi connectivity index (χ0n) is 17.8. The second kappa shape index (κ2) is 10.6. The Morgan fingerprint density at radius 2 is 1.66 bits per heavy atom. The van der Waals surface area contributed by atoms with Gasteiger partial charge in [-0.15, -0.1) is 0 Å². The highest BCUT2D eigenvalue weighted by atomic mass is 35.5. The van der Waals surface area contributed by atoms with E-state index in [-0.39, 0.29) is 11.7 Å². The van der Waals surface area contributed by atoms with E-state index in [1.165, 1.54) is 6.07 Å². The number of nitrogens with one attached hydrogen (secondary N) is 1. The number of anilines is 1. The Hall–Kier alpha value is -3.58. The first-order valence-corrected chi connectivity index (χ1v) is 10.5. The van der Waals surface area contributed by atoms with Crippen molar-refractivity contribution in [2.24, 2.45) is 0 Å². The number of benzene rings is 2. The Bertz CT molecular complexity index is 1100. The third-order valence-electron chi connectivity index (χ3n) is 4.75. The average molecular weight is 455 g/mol. The minimum absolute atomic E-state index is 0.0352. The molecule has 0 fully saturated rings. The molecule has 0 bridgehead atoms. The molecule has 2 aromatic carbocycles. The molecule has 166 valence electrons. The van der Waals surface area contributed by atoms with Crippen molar-refractivity contribution in [2.45, 2.75) is 13.8 Å². The topological polar surface area (TPSA) is 88.9 Å². The van der Waals surface area contributed by atoms with Crippen LogP contribution in [0.1, 0.15) is 34.8 Å². The summed E-state index contributed by atoms with van der Waals surface area (Å²) in [6.07, 6.45) is 0. The number of esters is 1. The molecule has 0 aliphatic heterocycles. The minimum Gasteiger partial charge on any atom is -0.450 e. The number of halogens is 1. The highest BCUT2D eigenvalue weighted by Crippen LogP contribution is 2.29. The number of furan rings is 1. The first-order chi connectivity index (χ1) is 15.4. The number of amides is 2. The first-order valence-electron chi connectivity index (χ1n) is 10.1. The second-order valence-corrected chi connectivity index (χ2v) is 7.23. The van der Waals surface area contributed by atoms with Crippen molar-refractivity contribution in [3.8, 4) is 11.3 Å². The lowest BCUT2D eigenvalue weighted by atomic mass is 10.2. The van der Waals surface area contributed by atoms with Gasteiger partial charge in [-0.3, -0.25) is 9.59 Å². The number of rotatable bonds is 8. The molecule has 1 heterocycles. The third-order valence-corrected chi connectivity index (χ3v) is 5.08. The average Bonchev–Trinajstić information content (AvgIpc) is 3.29. The molecule has 8 heteroatoms. The highest BCUT2D eigenvalue weighted by Gasteiger charge is 2.17. The number of ether oxygens (including phenoxy) is 1. The second-order valence-electron chi connectivity index (χ2n) is 6.82. The van der Waals surface area contributed by atoms with E-state index in [9.17, 15) is 14.4 Å². The number of hydrogen-bond donors (Lipinski definition) is 1. The van der Waals surface area contributed by atoms with Gasteiger partial charge in [-0.1, -0.05) is 23.7 Å². The van der Waals surface area contributed by atoms with Crippen LogP contribution in [0, 0.1) is 0 Å². The van der Waals surface area contributed by atoms with Crippen molar-refractivity contribution in [3.05, 3.63) is 77.0 Å². The lowest BCUT2D eigenvalue weighted by Gasteiger charge is -2.18. The molecule has 1 N–H and O–H groups in total. The van der Waals surface area contributed by atoms with Crippen LogP contribution in [0.3, 0.4) is 0 Å². The fraction of sp³-hybridized carbons (Fsp3) is 0.208. The number of hydrogen-bond acceptors (Lipinski definition) is 5. The molecule has 0 aliphatic carbocycles. The summed E-state index contributed by atoms with van der Waals surface area (Å²) in [5.74, 6) is -0.965. The zero-order valence-corrected chi connectivity index (χ0v) is 18.5. The largest absolute Gasteiger partial charge is 0.450 e. The molecule has 2 amide bonds. The Labute approximate surface area is 190 Å². The van der Waals surface area contributed by atoms with Crippen molar-refractivity contribution >= 4 is 35.1 Å². The fourth-order valence-corrected chi connectivity index (χ4v) is 3.27. The van der Waals surface area contributed by atoms with Crippen molar-refractivity contribution in [2.75, 3.05) is 25.0 Å². The van der Waals surface area contributed by atoms with Crippen molar-refractivity contribution in [1.82, 2.24) is 4.90 Å². The zero-order chi connectivity index (χ0) is 23.1. The van der Waals surface area contributed by atoms with Gasteiger partial charge in [-0.25, -0.2) is 4.79 Å². The van der Waals surface area contributed by atoms with Gasteiger partial charge in [-0.2, -0.15) is 0 Å². The van der Waals surface area contributed by atoms with Gasteiger partial charge in [-0.05, 0) is 62.4 Å². The Morgan fingerprint density at radius 3 is 2.31 bits per heavy atom. The van der Waals surface area contributed by atoms with E-state index in [0.29, 0.717) is 40.7 Å². The lowest BCUT2D eigenvalue weighted by molar-refractivity contribution is -0.119. The van der Waals surface area contributed by atoms with Crippen LogP contribution in [0.25, 0.3) is 11.3 Å². The van der Waals surface area contributed by atoms with Gasteiger partial charge in [0.2, 0.25) is 5.76 Å². The normalized spacial score (nSPS) is 10.5. The molecule has 0 radical (unpaired) electrons. The van der Waals surface area contributed by atoms with Crippen LogP contribution in [0.5, 0.6) is 0 Å². The summed E-state index contributed by atoms with van der Waals surface area (Å²) in [6.45, 7) is 4.58. The number of carbonyl (C=O) groups excluding carboxylic acids is 3. The third kappa shape index (κ3) is 5.56. The van der Waals surface area contributed by atoms with Crippen molar-refractivity contribution < 1.29 is 23.5 Å². The summed E-state index contributed by atoms with van der Waals surface area (Å²) in [5, 5.41) is 3.11. The van der Waals surface area contributed by atoms with E-state index >= 15 is 0 Å². The molecule has 0 atom stereocenters. The van der Waals surface area contributed by atoms with Crippen molar-refractivity contribution in [1.29, 1.82) is 0 Å². The molecule has 7 nitrogen and oxygen atoms in total. The molecule has 0 aliphatic rings. The molecule has 0 saturated heterocycles. The summed E-state index contributed by atoms with van der Waals surface area (Å²) >= 11 is 6.13. The first kappa shape index (κ1) is 23.1. The minimum atomic E-state index is -0.765. The van der Waals surface area contributed by atoms with E-state index in [1.807, 2.05) is 13.8 Å².